The molecule has 3 rings (SSSR count). The van der Waals surface area contributed by atoms with E-state index in [2.05, 4.69) is 64.8 Å². The number of benzene rings is 1. The van der Waals surface area contributed by atoms with Crippen LogP contribution in [0.5, 0.6) is 0 Å². The largest absolute Gasteiger partial charge is 0.304 e. The normalized spacial score (nSPS) is 27.5. The number of hydrogen-bond donors (Lipinski definition) is 0. The minimum absolute atomic E-state index is 0.299. The molecule has 0 aromatic heterocycles. The van der Waals surface area contributed by atoms with Crippen LogP contribution in [-0.4, -0.2) is 43.0 Å². The van der Waals surface area contributed by atoms with Crippen LogP contribution < -0.4 is 0 Å². The summed E-state index contributed by atoms with van der Waals surface area (Å²) < 4.78 is 1.21. The molecule has 1 aromatic rings. The van der Waals surface area contributed by atoms with Crippen molar-refractivity contribution in [3.8, 4) is 0 Å². The molecule has 3 heteroatoms. The third-order valence-corrected chi connectivity index (χ3v) is 5.28. The van der Waals surface area contributed by atoms with E-state index in [4.69, 9.17) is 0 Å². The maximum atomic E-state index is 3.62. The Bertz CT molecular complexity index is 476. The second-order valence-corrected chi connectivity index (χ2v) is 7.59. The molecular weight excluding hydrogens is 300 g/mol. The zero-order chi connectivity index (χ0) is 13.6. The smallest absolute Gasteiger partial charge is 0.0360 e. The minimum Gasteiger partial charge on any atom is -0.304 e. The average molecular weight is 323 g/mol. The van der Waals surface area contributed by atoms with Gasteiger partial charge in [-0.1, -0.05) is 35.8 Å². The highest BCUT2D eigenvalue weighted by molar-refractivity contribution is 9.10. The molecule has 2 aliphatic rings. The third kappa shape index (κ3) is 2.48. The molecule has 1 aliphatic carbocycles. The monoisotopic (exact) mass is 322 g/mol. The molecule has 2 nitrogen and oxygen atoms in total. The molecule has 1 heterocycles. The van der Waals surface area contributed by atoms with Gasteiger partial charge < -0.3 is 4.90 Å². The van der Waals surface area contributed by atoms with Gasteiger partial charge in [0, 0.05) is 36.7 Å². The van der Waals surface area contributed by atoms with Crippen LogP contribution in [-0.2, 0) is 5.41 Å². The van der Waals surface area contributed by atoms with E-state index in [1.807, 2.05) is 0 Å². The first-order valence-electron chi connectivity index (χ1n) is 7.20. The van der Waals surface area contributed by atoms with Crippen molar-refractivity contribution in [2.75, 3.05) is 33.2 Å². The molecule has 19 heavy (non-hydrogen) atoms. The number of rotatable bonds is 1. The van der Waals surface area contributed by atoms with Crippen molar-refractivity contribution in [1.82, 2.24) is 9.80 Å². The highest BCUT2D eigenvalue weighted by Crippen LogP contribution is 2.48. The van der Waals surface area contributed by atoms with Crippen LogP contribution in [0, 0.1) is 0 Å². The van der Waals surface area contributed by atoms with Crippen molar-refractivity contribution in [1.29, 1.82) is 0 Å². The summed E-state index contributed by atoms with van der Waals surface area (Å²) in [5, 5.41) is 0. The fourth-order valence-corrected chi connectivity index (χ4v) is 3.93. The average Bonchev–Trinajstić information content (AvgIpc) is 2.62. The molecule has 0 bridgehead atoms. The van der Waals surface area contributed by atoms with E-state index in [0.29, 0.717) is 11.5 Å². The fourth-order valence-electron chi connectivity index (χ4n) is 3.57. The van der Waals surface area contributed by atoms with Gasteiger partial charge in [-0.2, -0.15) is 0 Å². The second-order valence-electron chi connectivity index (χ2n) is 6.67. The molecule has 1 saturated heterocycles. The molecule has 1 atom stereocenters. The van der Waals surface area contributed by atoms with Crippen molar-refractivity contribution in [2.45, 2.75) is 31.7 Å². The van der Waals surface area contributed by atoms with Gasteiger partial charge in [0.15, 0.2) is 0 Å². The van der Waals surface area contributed by atoms with Crippen molar-refractivity contribution in [3.63, 3.8) is 0 Å². The molecule has 0 radical (unpaired) electrons. The van der Waals surface area contributed by atoms with E-state index in [1.54, 1.807) is 5.56 Å². The molecule has 104 valence electrons. The van der Waals surface area contributed by atoms with Gasteiger partial charge in [-0.15, -0.1) is 0 Å². The fraction of sp³-hybridized carbons (Fsp3) is 0.625. The van der Waals surface area contributed by atoms with Crippen LogP contribution in [0.3, 0.4) is 0 Å². The third-order valence-electron chi connectivity index (χ3n) is 4.79. The Hall–Kier alpha value is -0.380. The molecular formula is C16H23BrN2. The maximum absolute atomic E-state index is 3.62. The first-order chi connectivity index (χ1) is 8.97. The van der Waals surface area contributed by atoms with Gasteiger partial charge >= 0.3 is 0 Å². The first kappa shape index (κ1) is 13.6. The van der Waals surface area contributed by atoms with Gasteiger partial charge in [0.1, 0.15) is 0 Å². The number of likely N-dealkylation sites (N-methyl/N-ethyl adjacent to an activating group) is 1. The lowest BCUT2D eigenvalue weighted by molar-refractivity contribution is 0.105. The summed E-state index contributed by atoms with van der Waals surface area (Å²) in [5.74, 6) is 0. The number of halogens is 1. The zero-order valence-corrected chi connectivity index (χ0v) is 13.7. The van der Waals surface area contributed by atoms with E-state index >= 15 is 0 Å². The Kier molecular flexibility index (Phi) is 3.48. The molecule has 0 amide bonds. The summed E-state index contributed by atoms with van der Waals surface area (Å²) in [6, 6.07) is 7.47. The summed E-state index contributed by atoms with van der Waals surface area (Å²) in [6.07, 6.45) is 1.25. The first-order valence-corrected chi connectivity index (χ1v) is 7.99. The topological polar surface area (TPSA) is 6.48 Å². The van der Waals surface area contributed by atoms with Gasteiger partial charge in [-0.25, -0.2) is 0 Å². The van der Waals surface area contributed by atoms with Crippen molar-refractivity contribution < 1.29 is 0 Å². The highest BCUT2D eigenvalue weighted by Gasteiger charge is 2.39. The van der Waals surface area contributed by atoms with Crippen molar-refractivity contribution >= 4 is 15.9 Å². The van der Waals surface area contributed by atoms with Crippen LogP contribution in [0.25, 0.3) is 0 Å². The van der Waals surface area contributed by atoms with Crippen molar-refractivity contribution in [2.24, 2.45) is 0 Å². The van der Waals surface area contributed by atoms with E-state index in [-0.39, 0.29) is 0 Å². The molecule has 0 spiro atoms. The summed E-state index contributed by atoms with van der Waals surface area (Å²) in [4.78, 5) is 5.11. The Labute approximate surface area is 124 Å². The minimum atomic E-state index is 0.299. The van der Waals surface area contributed by atoms with Crippen LogP contribution in [0.1, 0.15) is 37.4 Å². The standard InChI is InChI=1S/C16H23BrN2/c1-16(2)11-15(19-8-6-18(3)7-9-19)13-5-4-12(17)10-14(13)16/h4-5,10,15H,6-9,11H2,1-3H3/t15-/m1/s1. The molecule has 1 aliphatic heterocycles. The number of fused-ring (bicyclic) bond motifs is 1. The van der Waals surface area contributed by atoms with E-state index in [1.165, 1.54) is 42.6 Å². The van der Waals surface area contributed by atoms with Crippen molar-refractivity contribution in [3.05, 3.63) is 33.8 Å². The molecule has 0 saturated carbocycles. The van der Waals surface area contributed by atoms with Gasteiger partial charge in [0.05, 0.1) is 0 Å². The lowest BCUT2D eigenvalue weighted by Crippen LogP contribution is -2.45. The Morgan fingerprint density at radius 1 is 1.16 bits per heavy atom. The Morgan fingerprint density at radius 2 is 1.84 bits per heavy atom. The lowest BCUT2D eigenvalue weighted by atomic mass is 9.86. The van der Waals surface area contributed by atoms with Crippen LogP contribution in [0.15, 0.2) is 22.7 Å². The van der Waals surface area contributed by atoms with E-state index in [0.717, 1.165) is 0 Å². The number of hydrogen-bond acceptors (Lipinski definition) is 2. The molecule has 0 N–H and O–H groups in total. The van der Waals surface area contributed by atoms with E-state index < -0.39 is 0 Å². The SMILES string of the molecule is CN1CCN([C@@H]2CC(C)(C)c3cc(Br)ccc32)CC1. The molecule has 1 aromatic carbocycles. The maximum Gasteiger partial charge on any atom is 0.0360 e. The van der Waals surface area contributed by atoms with E-state index in [9.17, 15) is 0 Å². The van der Waals surface area contributed by atoms with Gasteiger partial charge in [-0.05, 0) is 42.1 Å². The predicted octanol–water partition coefficient (Wildman–Crippen LogP) is 3.42. The number of piperazine rings is 1. The van der Waals surface area contributed by atoms with Gasteiger partial charge in [0.2, 0.25) is 0 Å². The predicted molar refractivity (Wildman–Crippen MR) is 83.6 cm³/mol. The summed E-state index contributed by atoms with van der Waals surface area (Å²) in [5.41, 5.74) is 3.39. The summed E-state index contributed by atoms with van der Waals surface area (Å²) in [6.45, 7) is 9.56. The Morgan fingerprint density at radius 3 is 2.53 bits per heavy atom. The summed E-state index contributed by atoms with van der Waals surface area (Å²) in [7, 11) is 2.22. The molecule has 1 fully saturated rings. The quantitative estimate of drug-likeness (QED) is 0.781. The van der Waals surface area contributed by atoms with Crippen LogP contribution in [0.2, 0.25) is 0 Å². The summed E-state index contributed by atoms with van der Waals surface area (Å²) >= 11 is 3.62. The zero-order valence-electron chi connectivity index (χ0n) is 12.1. The van der Waals surface area contributed by atoms with Crippen LogP contribution in [0.4, 0.5) is 0 Å². The Balaban J connectivity index is 1.90. The highest BCUT2D eigenvalue weighted by atomic mass is 79.9. The van der Waals surface area contributed by atoms with Gasteiger partial charge in [-0.3, -0.25) is 4.90 Å². The molecule has 0 unspecified atom stereocenters. The van der Waals surface area contributed by atoms with Crippen LogP contribution >= 0.6 is 15.9 Å². The lowest BCUT2D eigenvalue weighted by Gasteiger charge is -2.37. The second kappa shape index (κ2) is 4.87. The number of nitrogens with zero attached hydrogens (tertiary/aromatic N) is 2. The van der Waals surface area contributed by atoms with Gasteiger partial charge in [0.25, 0.3) is 0 Å².